The Hall–Kier alpha value is -3.54. The largest absolute Gasteiger partial charge is 0.496 e. The molecule has 1 aliphatic heterocycles. The summed E-state index contributed by atoms with van der Waals surface area (Å²) >= 11 is 0. The van der Waals surface area contributed by atoms with Gasteiger partial charge in [0.25, 0.3) is 0 Å². The summed E-state index contributed by atoms with van der Waals surface area (Å²) in [5.41, 5.74) is 5.50. The molecular weight excluding hydrogens is 403 g/mol. The van der Waals surface area contributed by atoms with E-state index in [-0.39, 0.29) is 35.3 Å². The van der Waals surface area contributed by atoms with Crippen LogP contribution in [0.5, 0.6) is 5.75 Å². The quantitative estimate of drug-likeness (QED) is 0.683. The number of aliphatic imine (C=N–C) groups is 1. The third kappa shape index (κ3) is 4.32. The minimum atomic E-state index is -3.40. The fraction of sp³-hybridized carbons (Fsp3) is 0.176. The standard InChI is InChI=1S/C17H17FN6O4S/c1-28-12-5-3-4-11(18)14(12)15(25)10-8-20-17(23-16(10)19)22-13-6-7-24(9-21-13)29(2,26)27/h3-8H,9H2,1-2H3,(H3,19,20,21,22,23). The zero-order valence-electron chi connectivity index (χ0n) is 15.5. The number of hydrogen-bond acceptors (Lipinski definition) is 9. The number of nitrogen functional groups attached to an aromatic ring is 1. The summed E-state index contributed by atoms with van der Waals surface area (Å²) in [4.78, 5) is 24.7. The molecule has 1 aromatic heterocycles. The SMILES string of the molecule is COc1cccc(F)c1C(=O)c1cnc(NC2=NCN(S(C)(=O)=O)C=C2)nc1N. The molecule has 3 N–H and O–H groups in total. The molecule has 3 rings (SSSR count). The number of carbonyl (C=O) groups excluding carboxylic acids is 1. The first kappa shape index (κ1) is 20.2. The highest BCUT2D eigenvalue weighted by molar-refractivity contribution is 7.88. The summed E-state index contributed by atoms with van der Waals surface area (Å²) in [7, 11) is -2.08. The van der Waals surface area contributed by atoms with Crippen LogP contribution in [0.15, 0.2) is 41.7 Å². The van der Waals surface area contributed by atoms with Gasteiger partial charge in [-0.15, -0.1) is 0 Å². The van der Waals surface area contributed by atoms with Crippen LogP contribution in [0.3, 0.4) is 0 Å². The number of nitrogens with one attached hydrogen (secondary N) is 1. The maximum Gasteiger partial charge on any atom is 0.233 e. The molecule has 1 aliphatic rings. The van der Waals surface area contributed by atoms with Crippen molar-refractivity contribution in [3.8, 4) is 5.75 Å². The van der Waals surface area contributed by atoms with Crippen LogP contribution in [-0.2, 0) is 10.0 Å². The van der Waals surface area contributed by atoms with Crippen molar-refractivity contribution >= 4 is 33.4 Å². The van der Waals surface area contributed by atoms with Crippen molar-refractivity contribution in [3.05, 3.63) is 53.6 Å². The molecule has 0 bridgehead atoms. The van der Waals surface area contributed by atoms with Gasteiger partial charge in [-0.1, -0.05) is 6.07 Å². The summed E-state index contributed by atoms with van der Waals surface area (Å²) in [5, 5.41) is 2.76. The van der Waals surface area contributed by atoms with E-state index in [0.29, 0.717) is 5.84 Å². The van der Waals surface area contributed by atoms with Gasteiger partial charge < -0.3 is 15.8 Å². The Labute approximate surface area is 166 Å². The molecule has 0 aliphatic carbocycles. The average Bonchev–Trinajstić information content (AvgIpc) is 2.67. The molecule has 12 heteroatoms. The van der Waals surface area contributed by atoms with Crippen LogP contribution in [-0.4, -0.2) is 54.3 Å². The minimum Gasteiger partial charge on any atom is -0.496 e. The third-order valence-electron chi connectivity index (χ3n) is 3.93. The fourth-order valence-corrected chi connectivity index (χ4v) is 3.02. The molecule has 152 valence electrons. The van der Waals surface area contributed by atoms with Crippen LogP contribution >= 0.6 is 0 Å². The van der Waals surface area contributed by atoms with Gasteiger partial charge in [-0.25, -0.2) is 22.8 Å². The zero-order chi connectivity index (χ0) is 21.2. The predicted molar refractivity (Wildman–Crippen MR) is 105 cm³/mol. The van der Waals surface area contributed by atoms with E-state index >= 15 is 0 Å². The monoisotopic (exact) mass is 420 g/mol. The molecule has 0 radical (unpaired) electrons. The molecule has 0 saturated heterocycles. The normalized spacial score (nSPS) is 13.8. The molecule has 0 atom stereocenters. The predicted octanol–water partition coefficient (Wildman–Crippen LogP) is 0.994. The number of carbonyl (C=O) groups is 1. The number of rotatable bonds is 5. The number of benzene rings is 1. The van der Waals surface area contributed by atoms with Crippen LogP contribution < -0.4 is 15.8 Å². The Morgan fingerprint density at radius 1 is 1.38 bits per heavy atom. The molecule has 2 aromatic rings. The summed E-state index contributed by atoms with van der Waals surface area (Å²) < 4.78 is 43.2. The first-order valence-electron chi connectivity index (χ1n) is 8.17. The number of nitrogens with zero attached hydrogens (tertiary/aromatic N) is 4. The summed E-state index contributed by atoms with van der Waals surface area (Å²) in [6, 6.07) is 4.01. The van der Waals surface area contributed by atoms with Crippen LogP contribution in [0.1, 0.15) is 15.9 Å². The Kier molecular flexibility index (Phi) is 5.46. The van der Waals surface area contributed by atoms with E-state index < -0.39 is 21.6 Å². The zero-order valence-corrected chi connectivity index (χ0v) is 16.3. The second kappa shape index (κ2) is 7.83. The van der Waals surface area contributed by atoms with Gasteiger partial charge in [0.1, 0.15) is 35.5 Å². The van der Waals surface area contributed by atoms with Crippen molar-refractivity contribution in [1.29, 1.82) is 0 Å². The first-order chi connectivity index (χ1) is 13.7. The lowest BCUT2D eigenvalue weighted by Crippen LogP contribution is -2.29. The Bertz CT molecular complexity index is 1130. The second-order valence-electron chi connectivity index (χ2n) is 5.91. The van der Waals surface area contributed by atoms with Crippen molar-refractivity contribution in [2.75, 3.05) is 31.1 Å². The van der Waals surface area contributed by atoms with Gasteiger partial charge in [0, 0.05) is 12.4 Å². The topological polar surface area (TPSA) is 140 Å². The van der Waals surface area contributed by atoms with E-state index in [0.717, 1.165) is 22.8 Å². The van der Waals surface area contributed by atoms with E-state index in [1.807, 2.05) is 0 Å². The van der Waals surface area contributed by atoms with Gasteiger partial charge in [-0.3, -0.25) is 9.10 Å². The highest BCUT2D eigenvalue weighted by atomic mass is 32.2. The van der Waals surface area contributed by atoms with E-state index in [9.17, 15) is 17.6 Å². The molecule has 0 unspecified atom stereocenters. The molecule has 29 heavy (non-hydrogen) atoms. The molecule has 2 heterocycles. The highest BCUT2D eigenvalue weighted by Gasteiger charge is 2.23. The van der Waals surface area contributed by atoms with E-state index in [1.165, 1.54) is 31.5 Å². The van der Waals surface area contributed by atoms with Crippen LogP contribution in [0.25, 0.3) is 0 Å². The number of aromatic nitrogens is 2. The van der Waals surface area contributed by atoms with Gasteiger partial charge in [-0.05, 0) is 18.2 Å². The number of ether oxygens (including phenoxy) is 1. The van der Waals surface area contributed by atoms with Crippen molar-refractivity contribution in [2.24, 2.45) is 4.99 Å². The third-order valence-corrected chi connectivity index (χ3v) is 5.02. The smallest absolute Gasteiger partial charge is 0.233 e. The lowest BCUT2D eigenvalue weighted by molar-refractivity contribution is 0.103. The van der Waals surface area contributed by atoms with Gasteiger partial charge in [-0.2, -0.15) is 4.98 Å². The fourth-order valence-electron chi connectivity index (χ4n) is 2.47. The second-order valence-corrected chi connectivity index (χ2v) is 7.85. The molecule has 0 fully saturated rings. The molecule has 0 amide bonds. The van der Waals surface area contributed by atoms with Crippen molar-refractivity contribution in [3.63, 3.8) is 0 Å². The molecular formula is C17H17FN6O4S. The van der Waals surface area contributed by atoms with Gasteiger partial charge in [0.05, 0.1) is 18.9 Å². The van der Waals surface area contributed by atoms with Crippen molar-refractivity contribution < 1.29 is 22.3 Å². The van der Waals surface area contributed by atoms with Gasteiger partial charge in [0.15, 0.2) is 0 Å². The summed E-state index contributed by atoms with van der Waals surface area (Å²) in [5.74, 6) is -1.24. The Morgan fingerprint density at radius 2 is 2.14 bits per heavy atom. The number of nitrogens with two attached hydrogens (primary N) is 1. The van der Waals surface area contributed by atoms with E-state index in [4.69, 9.17) is 10.5 Å². The van der Waals surface area contributed by atoms with Crippen molar-refractivity contribution in [1.82, 2.24) is 14.3 Å². The average molecular weight is 420 g/mol. The van der Waals surface area contributed by atoms with E-state index in [2.05, 4.69) is 20.3 Å². The van der Waals surface area contributed by atoms with Crippen LogP contribution in [0.2, 0.25) is 0 Å². The number of ketones is 1. The van der Waals surface area contributed by atoms with Crippen molar-refractivity contribution in [2.45, 2.75) is 0 Å². The number of halogens is 1. The maximum atomic E-state index is 14.1. The number of methoxy groups -OCH3 is 1. The number of anilines is 2. The highest BCUT2D eigenvalue weighted by Crippen LogP contribution is 2.26. The molecule has 0 saturated carbocycles. The number of hydrogen-bond donors (Lipinski definition) is 2. The Balaban J connectivity index is 1.81. The Morgan fingerprint density at radius 3 is 2.72 bits per heavy atom. The van der Waals surface area contributed by atoms with Crippen LogP contribution in [0, 0.1) is 5.82 Å². The number of amidine groups is 1. The maximum absolute atomic E-state index is 14.1. The van der Waals surface area contributed by atoms with Gasteiger partial charge in [0.2, 0.25) is 21.8 Å². The lowest BCUT2D eigenvalue weighted by Gasteiger charge is -2.19. The summed E-state index contributed by atoms with van der Waals surface area (Å²) in [6.45, 7) is -0.100. The molecule has 10 nitrogen and oxygen atoms in total. The summed E-state index contributed by atoms with van der Waals surface area (Å²) in [6.07, 6.45) is 4.99. The van der Waals surface area contributed by atoms with Crippen LogP contribution in [0.4, 0.5) is 16.2 Å². The molecule has 0 spiro atoms. The first-order valence-corrected chi connectivity index (χ1v) is 10.0. The minimum absolute atomic E-state index is 0.0377. The lowest BCUT2D eigenvalue weighted by atomic mass is 10.0. The number of sulfonamides is 1. The van der Waals surface area contributed by atoms with E-state index in [1.54, 1.807) is 0 Å². The molecule has 1 aromatic carbocycles. The van der Waals surface area contributed by atoms with Gasteiger partial charge >= 0.3 is 0 Å².